The second-order valence-electron chi connectivity index (χ2n) is 6.75. The Bertz CT molecular complexity index is 872. The molecule has 4 rings (SSSR count). The summed E-state index contributed by atoms with van der Waals surface area (Å²) in [5.74, 6) is 1.29. The fourth-order valence-electron chi connectivity index (χ4n) is 4.21. The number of fused-ring (bicyclic) bond motifs is 2. The minimum atomic E-state index is -0.176. The van der Waals surface area contributed by atoms with Gasteiger partial charge >= 0.3 is 0 Å². The first-order valence-electron chi connectivity index (χ1n) is 8.43. The van der Waals surface area contributed by atoms with Gasteiger partial charge in [-0.2, -0.15) is 0 Å². The van der Waals surface area contributed by atoms with Crippen LogP contribution >= 0.6 is 11.3 Å². The zero-order valence-electron chi connectivity index (χ0n) is 14.0. The molecule has 1 saturated heterocycles. The minimum Gasteiger partial charge on any atom is -0.377 e. The third-order valence-electron chi connectivity index (χ3n) is 5.42. The molecule has 4 unspecified atom stereocenters. The van der Waals surface area contributed by atoms with Gasteiger partial charge in [0.15, 0.2) is 0 Å². The Labute approximate surface area is 143 Å². The van der Waals surface area contributed by atoms with Crippen LogP contribution in [0.3, 0.4) is 0 Å². The van der Waals surface area contributed by atoms with Gasteiger partial charge in [0.05, 0.1) is 16.4 Å². The van der Waals surface area contributed by atoms with E-state index in [0.29, 0.717) is 44.4 Å². The summed E-state index contributed by atoms with van der Waals surface area (Å²) in [6.45, 7) is 6.49. The molecule has 2 aliphatic rings. The topological polar surface area (TPSA) is 84.1 Å². The van der Waals surface area contributed by atoms with Gasteiger partial charge in [0, 0.05) is 24.5 Å². The van der Waals surface area contributed by atoms with Crippen LogP contribution < -0.4 is 10.9 Å². The first-order chi connectivity index (χ1) is 11.5. The van der Waals surface area contributed by atoms with Gasteiger partial charge in [-0.1, -0.05) is 6.92 Å². The van der Waals surface area contributed by atoms with Crippen molar-refractivity contribution in [3.05, 3.63) is 26.6 Å². The molecule has 2 fully saturated rings. The monoisotopic (exact) mass is 347 g/mol. The molecule has 7 heteroatoms. The SMILES string of the molecule is CCC1C(NC(=O)c2sc3nc(C)[nH]c(=O)c3c2C)C2CCOC12. The summed E-state index contributed by atoms with van der Waals surface area (Å²) in [4.78, 5) is 33.2. The summed E-state index contributed by atoms with van der Waals surface area (Å²) in [5, 5.41) is 3.72. The van der Waals surface area contributed by atoms with Crippen LogP contribution in [0.5, 0.6) is 0 Å². The van der Waals surface area contributed by atoms with E-state index < -0.39 is 0 Å². The fourth-order valence-corrected chi connectivity index (χ4v) is 5.35. The average Bonchev–Trinajstić information content (AvgIpc) is 3.07. The third-order valence-corrected chi connectivity index (χ3v) is 6.61. The Morgan fingerprint density at radius 2 is 2.25 bits per heavy atom. The molecule has 1 aliphatic heterocycles. The van der Waals surface area contributed by atoms with Gasteiger partial charge in [-0.25, -0.2) is 4.98 Å². The largest absolute Gasteiger partial charge is 0.377 e. The average molecular weight is 347 g/mol. The van der Waals surface area contributed by atoms with Crippen molar-refractivity contribution in [3.8, 4) is 0 Å². The first-order valence-corrected chi connectivity index (χ1v) is 9.25. The van der Waals surface area contributed by atoms with E-state index in [2.05, 4.69) is 22.2 Å². The van der Waals surface area contributed by atoms with Gasteiger partial charge < -0.3 is 15.0 Å². The highest BCUT2D eigenvalue weighted by atomic mass is 32.1. The molecule has 0 aromatic carbocycles. The molecule has 2 aromatic heterocycles. The lowest BCUT2D eigenvalue weighted by Crippen LogP contribution is -2.61. The van der Waals surface area contributed by atoms with Crippen LogP contribution in [0.1, 0.15) is 40.8 Å². The highest BCUT2D eigenvalue weighted by molar-refractivity contribution is 7.20. The summed E-state index contributed by atoms with van der Waals surface area (Å²) < 4.78 is 5.77. The molecule has 6 nitrogen and oxygen atoms in total. The Morgan fingerprint density at radius 1 is 1.46 bits per heavy atom. The predicted octanol–water partition coefficient (Wildman–Crippen LogP) is 2.14. The predicted molar refractivity (Wildman–Crippen MR) is 92.6 cm³/mol. The number of nitrogens with one attached hydrogen (secondary N) is 2. The molecule has 0 radical (unpaired) electrons. The molecular weight excluding hydrogens is 326 g/mol. The molecule has 1 amide bonds. The highest BCUT2D eigenvalue weighted by Gasteiger charge is 2.53. The Hall–Kier alpha value is -1.73. The van der Waals surface area contributed by atoms with E-state index in [1.807, 2.05) is 6.92 Å². The second kappa shape index (κ2) is 5.67. The zero-order chi connectivity index (χ0) is 17.0. The lowest BCUT2D eigenvalue weighted by molar-refractivity contribution is -0.0545. The molecule has 0 bridgehead atoms. The molecule has 1 aliphatic carbocycles. The van der Waals surface area contributed by atoms with E-state index in [1.165, 1.54) is 11.3 Å². The van der Waals surface area contributed by atoms with Crippen molar-refractivity contribution < 1.29 is 9.53 Å². The first kappa shape index (κ1) is 15.8. The Morgan fingerprint density at radius 3 is 3.00 bits per heavy atom. The molecule has 2 N–H and O–H groups in total. The van der Waals surface area contributed by atoms with Crippen molar-refractivity contribution >= 4 is 27.5 Å². The number of carbonyl (C=O) groups is 1. The van der Waals surface area contributed by atoms with E-state index in [9.17, 15) is 9.59 Å². The normalized spacial score (nSPS) is 28.6. The number of aryl methyl sites for hydroxylation is 2. The fraction of sp³-hybridized carbons (Fsp3) is 0.588. The van der Waals surface area contributed by atoms with Crippen LogP contribution in [0.2, 0.25) is 0 Å². The van der Waals surface area contributed by atoms with E-state index in [-0.39, 0.29) is 17.5 Å². The number of H-pyrrole nitrogens is 1. The van der Waals surface area contributed by atoms with Gasteiger partial charge in [-0.05, 0) is 32.3 Å². The van der Waals surface area contributed by atoms with E-state index in [4.69, 9.17) is 4.74 Å². The van der Waals surface area contributed by atoms with Gasteiger partial charge in [0.25, 0.3) is 11.5 Å². The molecule has 1 saturated carbocycles. The number of amides is 1. The molecule has 3 heterocycles. The summed E-state index contributed by atoms with van der Waals surface area (Å²) in [5.41, 5.74) is 0.539. The molecule has 4 atom stereocenters. The van der Waals surface area contributed by atoms with Gasteiger partial charge in [0.2, 0.25) is 0 Å². The minimum absolute atomic E-state index is 0.0960. The quantitative estimate of drug-likeness (QED) is 0.891. The number of carbonyl (C=O) groups excluding carboxylic acids is 1. The number of hydrogen-bond acceptors (Lipinski definition) is 5. The van der Waals surface area contributed by atoms with Crippen LogP contribution in [0.25, 0.3) is 10.2 Å². The number of ether oxygens (including phenoxy) is 1. The van der Waals surface area contributed by atoms with Gasteiger partial charge in [-0.15, -0.1) is 11.3 Å². The van der Waals surface area contributed by atoms with Crippen molar-refractivity contribution in [3.63, 3.8) is 0 Å². The number of hydrogen-bond donors (Lipinski definition) is 2. The van der Waals surface area contributed by atoms with Crippen molar-refractivity contribution in [2.24, 2.45) is 11.8 Å². The van der Waals surface area contributed by atoms with Crippen molar-refractivity contribution in [2.75, 3.05) is 6.61 Å². The van der Waals surface area contributed by atoms with Crippen LogP contribution in [0.4, 0.5) is 0 Å². The Kier molecular flexibility index (Phi) is 3.73. The number of aromatic amines is 1. The van der Waals surface area contributed by atoms with Crippen LogP contribution in [-0.2, 0) is 4.74 Å². The second-order valence-corrected chi connectivity index (χ2v) is 7.75. The maximum Gasteiger partial charge on any atom is 0.261 e. The lowest BCUT2D eigenvalue weighted by atomic mass is 9.65. The number of nitrogens with zero attached hydrogens (tertiary/aromatic N) is 1. The van der Waals surface area contributed by atoms with E-state index >= 15 is 0 Å². The van der Waals surface area contributed by atoms with Gasteiger partial charge in [0.1, 0.15) is 10.7 Å². The van der Waals surface area contributed by atoms with Crippen LogP contribution in [0, 0.1) is 25.7 Å². The zero-order valence-corrected chi connectivity index (χ0v) is 14.8. The molecular formula is C17H21N3O3S. The summed E-state index contributed by atoms with van der Waals surface area (Å²) >= 11 is 1.30. The molecule has 0 spiro atoms. The number of thiophene rings is 1. The highest BCUT2D eigenvalue weighted by Crippen LogP contribution is 2.45. The van der Waals surface area contributed by atoms with E-state index in [1.54, 1.807) is 6.92 Å². The maximum atomic E-state index is 12.8. The van der Waals surface area contributed by atoms with Gasteiger partial charge in [-0.3, -0.25) is 9.59 Å². The van der Waals surface area contributed by atoms with Crippen LogP contribution in [-0.4, -0.2) is 34.6 Å². The molecule has 128 valence electrons. The number of aromatic nitrogens is 2. The molecule has 24 heavy (non-hydrogen) atoms. The Balaban J connectivity index is 1.63. The van der Waals surface area contributed by atoms with Crippen molar-refractivity contribution in [1.29, 1.82) is 0 Å². The molecule has 2 aromatic rings. The smallest absolute Gasteiger partial charge is 0.261 e. The van der Waals surface area contributed by atoms with E-state index in [0.717, 1.165) is 19.4 Å². The summed E-state index contributed by atoms with van der Waals surface area (Å²) in [7, 11) is 0. The van der Waals surface area contributed by atoms with Crippen molar-refractivity contribution in [1.82, 2.24) is 15.3 Å². The lowest BCUT2D eigenvalue weighted by Gasteiger charge is -2.47. The third kappa shape index (κ3) is 2.22. The van der Waals surface area contributed by atoms with Crippen LogP contribution in [0.15, 0.2) is 4.79 Å². The number of rotatable bonds is 3. The maximum absolute atomic E-state index is 12.8. The summed E-state index contributed by atoms with van der Waals surface area (Å²) in [6.07, 6.45) is 2.31. The summed E-state index contributed by atoms with van der Waals surface area (Å²) in [6, 6.07) is 0.174. The van der Waals surface area contributed by atoms with Crippen molar-refractivity contribution in [2.45, 2.75) is 45.8 Å². The standard InChI is InChI=1S/C17H21N3O3S/c1-4-9-12(10-5-6-23-13(9)10)20-16(22)14-7(2)11-15(21)18-8(3)19-17(11)24-14/h9-10,12-13H,4-6H2,1-3H3,(H,20,22)(H,18,19,21).